The van der Waals surface area contributed by atoms with Gasteiger partial charge in [0.1, 0.15) is 6.04 Å². The number of hydrogen-bond acceptors (Lipinski definition) is 6. The molecule has 2 unspecified atom stereocenters. The lowest BCUT2D eigenvalue weighted by atomic mass is 10.0. The van der Waals surface area contributed by atoms with Crippen LogP contribution in [0.3, 0.4) is 0 Å². The number of rotatable bonds is 4. The third kappa shape index (κ3) is 3.18. The van der Waals surface area contributed by atoms with Gasteiger partial charge < -0.3 is 9.64 Å². The molecule has 3 aliphatic rings. The molecule has 0 aliphatic carbocycles. The molecule has 0 spiro atoms. The summed E-state index contributed by atoms with van der Waals surface area (Å²) in [5.41, 5.74) is 0.890. The van der Waals surface area contributed by atoms with Crippen LogP contribution in [0.15, 0.2) is 30.5 Å². The molecule has 3 aliphatic heterocycles. The lowest BCUT2D eigenvalue weighted by molar-refractivity contribution is -0.139. The predicted molar refractivity (Wildman–Crippen MR) is 98.2 cm³/mol. The molecule has 0 radical (unpaired) electrons. The summed E-state index contributed by atoms with van der Waals surface area (Å²) < 4.78 is 5.25. The van der Waals surface area contributed by atoms with Gasteiger partial charge in [0.25, 0.3) is 17.7 Å². The summed E-state index contributed by atoms with van der Waals surface area (Å²) in [4.78, 5) is 64.3. The summed E-state index contributed by atoms with van der Waals surface area (Å²) in [6.45, 7) is 0.115. The fourth-order valence-corrected chi connectivity index (χ4v) is 3.84. The van der Waals surface area contributed by atoms with Gasteiger partial charge in [0.05, 0.1) is 17.4 Å². The summed E-state index contributed by atoms with van der Waals surface area (Å²) in [5, 5.41) is 2.17. The largest absolute Gasteiger partial charge is 0.488 e. The number of carbonyl (C=O) groups excluding carboxylic acids is 5. The van der Waals surface area contributed by atoms with Gasteiger partial charge in [0.2, 0.25) is 11.8 Å². The van der Waals surface area contributed by atoms with Crippen LogP contribution in [0, 0.1) is 0 Å². The minimum Gasteiger partial charge on any atom is -0.488 e. The second-order valence-corrected chi connectivity index (χ2v) is 7.21. The molecule has 1 N–H and O–H groups in total. The van der Waals surface area contributed by atoms with E-state index in [1.807, 2.05) is 0 Å². The van der Waals surface area contributed by atoms with E-state index in [9.17, 15) is 24.0 Å². The normalized spacial score (nSPS) is 23.1. The first kappa shape index (κ1) is 18.9. The van der Waals surface area contributed by atoms with E-state index in [2.05, 4.69) is 5.32 Å². The average Bonchev–Trinajstić information content (AvgIpc) is 3.30. The summed E-state index contributed by atoms with van der Waals surface area (Å²) in [5.74, 6) is -2.47. The number of piperidine rings is 1. The quantitative estimate of drug-likeness (QED) is 0.734. The first-order chi connectivity index (χ1) is 13.9. The molecule has 3 heterocycles. The molecule has 9 heteroatoms. The first-order valence-corrected chi connectivity index (χ1v) is 9.27. The smallest absolute Gasteiger partial charge is 0.263 e. The molecule has 9 nitrogen and oxygen atoms in total. The zero-order valence-electron chi connectivity index (χ0n) is 15.7. The molecule has 0 aromatic heterocycles. The van der Waals surface area contributed by atoms with Gasteiger partial charge in [-0.05, 0) is 24.1 Å². The number of ether oxygens (including phenoxy) is 1. The highest BCUT2D eigenvalue weighted by Crippen LogP contribution is 2.30. The Morgan fingerprint density at radius 1 is 1.24 bits per heavy atom. The Bertz CT molecular complexity index is 961. The van der Waals surface area contributed by atoms with Crippen LogP contribution < -0.4 is 5.32 Å². The molecule has 5 amide bonds. The highest BCUT2D eigenvalue weighted by Gasteiger charge is 2.45. The van der Waals surface area contributed by atoms with Crippen molar-refractivity contribution in [2.24, 2.45) is 0 Å². The van der Waals surface area contributed by atoms with Crippen LogP contribution >= 0.6 is 0 Å². The lowest BCUT2D eigenvalue weighted by Crippen LogP contribution is -2.54. The van der Waals surface area contributed by atoms with Gasteiger partial charge in [-0.25, -0.2) is 0 Å². The minimum absolute atomic E-state index is 0.0589. The van der Waals surface area contributed by atoms with Gasteiger partial charge >= 0.3 is 0 Å². The monoisotopic (exact) mass is 397 g/mol. The Labute approximate surface area is 166 Å². The molecule has 1 fully saturated rings. The molecule has 1 aromatic rings. The number of carbonyl (C=O) groups is 5. The van der Waals surface area contributed by atoms with Crippen molar-refractivity contribution >= 4 is 29.5 Å². The molecule has 2 atom stereocenters. The van der Waals surface area contributed by atoms with Gasteiger partial charge in [-0.1, -0.05) is 12.1 Å². The molecular weight excluding hydrogens is 378 g/mol. The van der Waals surface area contributed by atoms with E-state index in [1.54, 1.807) is 25.3 Å². The number of nitrogens with one attached hydrogen (secondary N) is 1. The number of amides is 5. The molecule has 29 heavy (non-hydrogen) atoms. The topological polar surface area (TPSA) is 113 Å². The van der Waals surface area contributed by atoms with E-state index in [4.69, 9.17) is 4.74 Å². The van der Waals surface area contributed by atoms with Gasteiger partial charge in [-0.15, -0.1) is 0 Å². The zero-order chi connectivity index (χ0) is 20.7. The number of fused-ring (bicyclic) bond motifs is 1. The van der Waals surface area contributed by atoms with Crippen molar-refractivity contribution in [3.8, 4) is 0 Å². The summed E-state index contributed by atoms with van der Waals surface area (Å²) in [6.07, 6.45) is 3.29. The van der Waals surface area contributed by atoms with Crippen LogP contribution in [0.4, 0.5) is 0 Å². The van der Waals surface area contributed by atoms with Crippen LogP contribution in [-0.2, 0) is 25.7 Å². The average molecular weight is 397 g/mol. The van der Waals surface area contributed by atoms with E-state index in [0.717, 1.165) is 4.90 Å². The first-order valence-electron chi connectivity index (χ1n) is 9.27. The van der Waals surface area contributed by atoms with Crippen LogP contribution in [-0.4, -0.2) is 58.5 Å². The van der Waals surface area contributed by atoms with E-state index >= 15 is 0 Å². The van der Waals surface area contributed by atoms with Gasteiger partial charge in [0.15, 0.2) is 6.10 Å². The van der Waals surface area contributed by atoms with E-state index in [0.29, 0.717) is 12.0 Å². The van der Waals surface area contributed by atoms with Gasteiger partial charge in [-0.3, -0.25) is 34.2 Å². The molecule has 4 rings (SSSR count). The fraction of sp³-hybridized carbons (Fsp3) is 0.350. The van der Waals surface area contributed by atoms with Crippen molar-refractivity contribution in [1.29, 1.82) is 0 Å². The van der Waals surface area contributed by atoms with Crippen LogP contribution in [0.25, 0.3) is 0 Å². The van der Waals surface area contributed by atoms with E-state index in [1.165, 1.54) is 17.2 Å². The maximum Gasteiger partial charge on any atom is 0.263 e. The molecule has 150 valence electrons. The summed E-state index contributed by atoms with van der Waals surface area (Å²) >= 11 is 0. The summed E-state index contributed by atoms with van der Waals surface area (Å²) in [7, 11) is 1.60. The lowest BCUT2D eigenvalue weighted by Gasteiger charge is -2.28. The third-order valence-corrected chi connectivity index (χ3v) is 5.30. The molecular formula is C20H19N3O6. The SMILES string of the molecule is CN(Cc1cccc2c1C(=O)N(C1CCC(=O)NC1=O)C2=O)C(=O)C1CC=CO1. The van der Waals surface area contributed by atoms with Crippen molar-refractivity contribution in [1.82, 2.24) is 15.1 Å². The Balaban J connectivity index is 1.58. The Hall–Kier alpha value is -3.49. The van der Waals surface area contributed by atoms with Crippen molar-refractivity contribution in [2.45, 2.75) is 38.0 Å². The number of likely N-dealkylation sites (N-methyl/N-ethyl adjacent to an activating group) is 1. The summed E-state index contributed by atoms with van der Waals surface area (Å²) in [6, 6.07) is 3.82. The highest BCUT2D eigenvalue weighted by atomic mass is 16.5. The Kier molecular flexibility index (Phi) is 4.65. The molecule has 0 bridgehead atoms. The Morgan fingerprint density at radius 3 is 2.72 bits per heavy atom. The van der Waals surface area contributed by atoms with Crippen molar-refractivity contribution in [3.05, 3.63) is 47.2 Å². The van der Waals surface area contributed by atoms with Crippen molar-refractivity contribution in [2.75, 3.05) is 7.05 Å². The van der Waals surface area contributed by atoms with Crippen molar-refractivity contribution < 1.29 is 28.7 Å². The van der Waals surface area contributed by atoms with E-state index in [-0.39, 0.29) is 36.4 Å². The van der Waals surface area contributed by atoms with Crippen LogP contribution in [0.2, 0.25) is 0 Å². The van der Waals surface area contributed by atoms with Gasteiger partial charge in [-0.2, -0.15) is 0 Å². The fourth-order valence-electron chi connectivity index (χ4n) is 3.84. The second-order valence-electron chi connectivity index (χ2n) is 7.21. The number of imide groups is 2. The van der Waals surface area contributed by atoms with Crippen LogP contribution in [0.5, 0.6) is 0 Å². The minimum atomic E-state index is -1.02. The third-order valence-electron chi connectivity index (χ3n) is 5.30. The standard InChI is InChI=1S/C20H19N3O6/c1-22(19(27)14-6-3-9-29-14)10-11-4-2-5-12-16(11)20(28)23(18(12)26)13-7-8-15(24)21-17(13)25/h2-5,9,13-14H,6-8,10H2,1H3,(H,21,24,25). The predicted octanol–water partition coefficient (Wildman–Crippen LogP) is 0.349. The second kappa shape index (κ2) is 7.16. The molecule has 1 saturated heterocycles. The van der Waals surface area contributed by atoms with Crippen LogP contribution in [0.1, 0.15) is 45.5 Å². The molecule has 1 aromatic carbocycles. The number of benzene rings is 1. The maximum atomic E-state index is 13.1. The number of hydrogen-bond donors (Lipinski definition) is 1. The van der Waals surface area contributed by atoms with Gasteiger partial charge in [0, 0.05) is 26.4 Å². The zero-order valence-corrected chi connectivity index (χ0v) is 15.7. The maximum absolute atomic E-state index is 13.1. The Morgan fingerprint density at radius 2 is 2.03 bits per heavy atom. The van der Waals surface area contributed by atoms with E-state index < -0.39 is 35.8 Å². The molecule has 0 saturated carbocycles. The van der Waals surface area contributed by atoms with Crippen molar-refractivity contribution in [3.63, 3.8) is 0 Å². The highest BCUT2D eigenvalue weighted by molar-refractivity contribution is 6.24. The number of nitrogens with zero attached hydrogens (tertiary/aromatic N) is 2.